The molecule has 0 radical (unpaired) electrons. The Hall–Kier alpha value is -3.29. The van der Waals surface area contributed by atoms with Crippen LogP contribution >= 0.6 is 0 Å². The maximum Gasteiger partial charge on any atom is 0.347 e. The Morgan fingerprint density at radius 3 is 2.48 bits per heavy atom. The minimum Gasteiger partial charge on any atom is -0.479 e. The Balaban J connectivity index is 1.52. The summed E-state index contributed by atoms with van der Waals surface area (Å²) in [6.07, 6.45) is -2.00. The van der Waals surface area contributed by atoms with E-state index in [0.717, 1.165) is 0 Å². The molecule has 0 saturated carbocycles. The van der Waals surface area contributed by atoms with Gasteiger partial charge in [-0.3, -0.25) is 4.79 Å². The average molecular weight is 375 g/mol. The zero-order chi connectivity index (χ0) is 19.4. The molecule has 0 fully saturated rings. The van der Waals surface area contributed by atoms with Gasteiger partial charge in [-0.05, 0) is 50.2 Å². The highest BCUT2D eigenvalue weighted by Crippen LogP contribution is 2.34. The van der Waals surface area contributed by atoms with E-state index in [1.807, 2.05) is 0 Å². The lowest BCUT2D eigenvalue weighted by Crippen LogP contribution is -2.35. The third-order valence-electron chi connectivity index (χ3n) is 3.76. The molecule has 1 aliphatic rings. The first-order valence-electron chi connectivity index (χ1n) is 8.25. The molecule has 1 aliphatic heterocycles. The highest BCUT2D eigenvalue weighted by atomic mass is 19.1. The van der Waals surface area contributed by atoms with Crippen LogP contribution in [0.25, 0.3) is 0 Å². The summed E-state index contributed by atoms with van der Waals surface area (Å²) >= 11 is 0. The maximum atomic E-state index is 12.9. The van der Waals surface area contributed by atoms with E-state index in [4.69, 9.17) is 18.9 Å². The van der Waals surface area contributed by atoms with Crippen molar-refractivity contribution in [2.75, 3.05) is 12.1 Å². The number of rotatable bonds is 6. The van der Waals surface area contributed by atoms with Crippen LogP contribution in [-0.2, 0) is 14.3 Å². The Labute approximate surface area is 155 Å². The van der Waals surface area contributed by atoms with Gasteiger partial charge >= 0.3 is 5.97 Å². The average Bonchev–Trinajstić information content (AvgIpc) is 3.11. The number of hydrogen-bond acceptors (Lipinski definition) is 6. The zero-order valence-corrected chi connectivity index (χ0v) is 14.7. The summed E-state index contributed by atoms with van der Waals surface area (Å²) in [5, 5.41) is 2.64. The van der Waals surface area contributed by atoms with E-state index in [1.165, 1.54) is 38.1 Å². The largest absolute Gasteiger partial charge is 0.479 e. The third kappa shape index (κ3) is 4.66. The summed E-state index contributed by atoms with van der Waals surface area (Å²) in [7, 11) is 0. The number of esters is 1. The first-order chi connectivity index (χ1) is 12.9. The summed E-state index contributed by atoms with van der Waals surface area (Å²) in [4.78, 5) is 24.3. The number of amides is 1. The van der Waals surface area contributed by atoms with Gasteiger partial charge in [0.1, 0.15) is 11.6 Å². The van der Waals surface area contributed by atoms with Gasteiger partial charge in [-0.25, -0.2) is 9.18 Å². The Morgan fingerprint density at radius 2 is 1.74 bits per heavy atom. The summed E-state index contributed by atoms with van der Waals surface area (Å²) < 4.78 is 33.8. The van der Waals surface area contributed by atoms with Gasteiger partial charge in [-0.15, -0.1) is 0 Å². The number of anilines is 1. The molecule has 0 unspecified atom stereocenters. The van der Waals surface area contributed by atoms with E-state index in [2.05, 4.69) is 5.32 Å². The Morgan fingerprint density at radius 1 is 1.04 bits per heavy atom. The Bertz CT molecular complexity index is 839. The minimum absolute atomic E-state index is 0.132. The molecule has 1 heterocycles. The molecule has 1 amide bonds. The SMILES string of the molecule is C[C@H](OC(=O)[C@@H](C)Oc1ccc(F)cc1)C(=O)Nc1ccc2c(c1)OCO2. The highest BCUT2D eigenvalue weighted by molar-refractivity contribution is 5.95. The number of ether oxygens (including phenoxy) is 4. The fourth-order valence-electron chi connectivity index (χ4n) is 2.31. The molecule has 0 aromatic heterocycles. The van der Waals surface area contributed by atoms with Gasteiger partial charge in [0.25, 0.3) is 5.91 Å². The standard InChI is InChI=1S/C19H18FNO6/c1-11(18(22)21-14-5-8-16-17(9-14)25-10-24-16)27-19(23)12(2)26-15-6-3-13(20)4-7-15/h3-9,11-12H,10H2,1-2H3,(H,21,22)/t11-,12+/m0/s1. The van der Waals surface area contributed by atoms with E-state index in [-0.39, 0.29) is 6.79 Å². The summed E-state index contributed by atoms with van der Waals surface area (Å²) in [6, 6.07) is 10.2. The fraction of sp³-hybridized carbons (Fsp3) is 0.263. The van der Waals surface area contributed by atoms with Gasteiger partial charge in [0.05, 0.1) is 0 Å². The molecule has 2 atom stereocenters. The summed E-state index contributed by atoms with van der Waals surface area (Å²) in [5.41, 5.74) is 0.489. The van der Waals surface area contributed by atoms with Crippen molar-refractivity contribution in [3.8, 4) is 17.2 Å². The second-order valence-electron chi connectivity index (χ2n) is 5.85. The molecular weight excluding hydrogens is 357 g/mol. The fourth-order valence-corrected chi connectivity index (χ4v) is 2.31. The van der Waals surface area contributed by atoms with Crippen LogP contribution in [0.15, 0.2) is 42.5 Å². The second kappa shape index (κ2) is 7.94. The molecule has 27 heavy (non-hydrogen) atoms. The van der Waals surface area contributed by atoms with Gasteiger partial charge < -0.3 is 24.3 Å². The van der Waals surface area contributed by atoms with Gasteiger partial charge in [-0.1, -0.05) is 0 Å². The topological polar surface area (TPSA) is 83.1 Å². The van der Waals surface area contributed by atoms with Crippen molar-refractivity contribution in [1.29, 1.82) is 0 Å². The van der Waals surface area contributed by atoms with Crippen LogP contribution in [0, 0.1) is 5.82 Å². The van der Waals surface area contributed by atoms with E-state index in [9.17, 15) is 14.0 Å². The smallest absolute Gasteiger partial charge is 0.347 e. The molecule has 0 saturated heterocycles. The van der Waals surface area contributed by atoms with Crippen molar-refractivity contribution in [1.82, 2.24) is 0 Å². The van der Waals surface area contributed by atoms with Crippen LogP contribution in [0.5, 0.6) is 17.2 Å². The zero-order valence-electron chi connectivity index (χ0n) is 14.7. The normalized spacial score (nSPS) is 14.2. The molecule has 0 aliphatic carbocycles. The van der Waals surface area contributed by atoms with Crippen molar-refractivity contribution in [3.05, 3.63) is 48.3 Å². The summed E-state index contributed by atoms with van der Waals surface area (Å²) in [6.45, 7) is 3.06. The molecule has 8 heteroatoms. The number of benzene rings is 2. The van der Waals surface area contributed by atoms with Crippen LogP contribution in [0.4, 0.5) is 10.1 Å². The molecule has 1 N–H and O–H groups in total. The van der Waals surface area contributed by atoms with E-state index >= 15 is 0 Å². The van der Waals surface area contributed by atoms with Crippen molar-refractivity contribution in [3.63, 3.8) is 0 Å². The van der Waals surface area contributed by atoms with Crippen molar-refractivity contribution in [2.45, 2.75) is 26.1 Å². The monoisotopic (exact) mass is 375 g/mol. The van der Waals surface area contributed by atoms with Gasteiger partial charge in [0.2, 0.25) is 6.79 Å². The van der Waals surface area contributed by atoms with Gasteiger partial charge in [0.15, 0.2) is 23.7 Å². The highest BCUT2D eigenvalue weighted by Gasteiger charge is 2.24. The van der Waals surface area contributed by atoms with E-state index < -0.39 is 29.9 Å². The first kappa shape index (κ1) is 18.5. The van der Waals surface area contributed by atoms with Crippen LogP contribution in [0.1, 0.15) is 13.8 Å². The van der Waals surface area contributed by atoms with Gasteiger partial charge in [0, 0.05) is 11.8 Å². The van der Waals surface area contributed by atoms with Crippen molar-refractivity contribution >= 4 is 17.6 Å². The van der Waals surface area contributed by atoms with Crippen molar-refractivity contribution < 1.29 is 32.9 Å². The van der Waals surface area contributed by atoms with Crippen LogP contribution < -0.4 is 19.5 Å². The minimum atomic E-state index is -1.04. The number of halogens is 1. The lowest BCUT2D eigenvalue weighted by Gasteiger charge is -2.18. The molecule has 7 nitrogen and oxygen atoms in total. The van der Waals surface area contributed by atoms with Gasteiger partial charge in [-0.2, -0.15) is 0 Å². The molecule has 142 valence electrons. The summed E-state index contributed by atoms with van der Waals surface area (Å²) in [5.74, 6) is -0.188. The third-order valence-corrected chi connectivity index (χ3v) is 3.76. The second-order valence-corrected chi connectivity index (χ2v) is 5.85. The number of nitrogens with one attached hydrogen (secondary N) is 1. The molecule has 0 bridgehead atoms. The van der Waals surface area contributed by atoms with Crippen LogP contribution in [0.2, 0.25) is 0 Å². The molecule has 2 aromatic carbocycles. The van der Waals surface area contributed by atoms with E-state index in [0.29, 0.717) is 22.9 Å². The molecule has 0 spiro atoms. The predicted octanol–water partition coefficient (Wildman–Crippen LogP) is 2.89. The Kier molecular flexibility index (Phi) is 5.44. The van der Waals surface area contributed by atoms with Crippen LogP contribution in [-0.4, -0.2) is 30.9 Å². The lowest BCUT2D eigenvalue weighted by atomic mass is 10.2. The maximum absolute atomic E-state index is 12.9. The molecular formula is C19H18FNO6. The number of carbonyl (C=O) groups excluding carboxylic acids is 2. The molecule has 2 aromatic rings. The first-order valence-corrected chi connectivity index (χ1v) is 8.25. The van der Waals surface area contributed by atoms with Crippen molar-refractivity contribution in [2.24, 2.45) is 0 Å². The molecule has 3 rings (SSSR count). The number of fused-ring (bicyclic) bond motifs is 1. The van der Waals surface area contributed by atoms with E-state index in [1.54, 1.807) is 18.2 Å². The lowest BCUT2D eigenvalue weighted by molar-refractivity contribution is -0.159. The predicted molar refractivity (Wildman–Crippen MR) is 93.2 cm³/mol. The van der Waals surface area contributed by atoms with Crippen LogP contribution in [0.3, 0.4) is 0 Å². The number of hydrogen-bond donors (Lipinski definition) is 1. The quantitative estimate of drug-likeness (QED) is 0.782. The number of carbonyl (C=O) groups is 2.